The van der Waals surface area contributed by atoms with Crippen LogP contribution in [0.3, 0.4) is 0 Å². The maximum absolute atomic E-state index is 12.8. The maximum Gasteiger partial charge on any atom is 0.418 e. The van der Waals surface area contributed by atoms with Crippen LogP contribution >= 0.6 is 0 Å². The molecule has 1 aliphatic carbocycles. The monoisotopic (exact) mass is 727 g/mol. The lowest BCUT2D eigenvalue weighted by Crippen LogP contribution is -2.43. The second-order valence-electron chi connectivity index (χ2n) is 14.1. The summed E-state index contributed by atoms with van der Waals surface area (Å²) in [5.74, 6) is 2.52. The average molecular weight is 728 g/mol. The van der Waals surface area contributed by atoms with Gasteiger partial charge in [-0.2, -0.15) is 28.1 Å². The lowest BCUT2D eigenvalue weighted by atomic mass is 9.88. The van der Waals surface area contributed by atoms with Crippen LogP contribution in [0.1, 0.15) is 93.4 Å². The van der Waals surface area contributed by atoms with Crippen molar-refractivity contribution in [3.8, 4) is 6.01 Å². The third-order valence-electron chi connectivity index (χ3n) is 10.5. The Hall–Kier alpha value is -4.27. The number of hydrogen-bond acceptors (Lipinski definition) is 11. The first-order valence-electron chi connectivity index (χ1n) is 18.4. The number of nitrogens with zero attached hydrogens (tertiary/aromatic N) is 8. The quantitative estimate of drug-likeness (QED) is 0.284. The van der Waals surface area contributed by atoms with Crippen molar-refractivity contribution in [3.63, 3.8) is 0 Å². The first kappa shape index (κ1) is 38.9. The number of aromatic nitrogens is 5. The maximum atomic E-state index is 12.8. The van der Waals surface area contributed by atoms with E-state index in [4.69, 9.17) is 25.0 Å². The van der Waals surface area contributed by atoms with Crippen molar-refractivity contribution in [2.75, 3.05) is 50.5 Å². The number of pyridine rings is 1. The summed E-state index contributed by atoms with van der Waals surface area (Å²) >= 11 is 0. The molecule has 3 aromatic rings. The van der Waals surface area contributed by atoms with Gasteiger partial charge in [0.05, 0.1) is 16.8 Å². The smallest absolute Gasteiger partial charge is 0.418 e. The zero-order valence-corrected chi connectivity index (χ0v) is 31.2. The van der Waals surface area contributed by atoms with Crippen molar-refractivity contribution in [2.45, 2.75) is 104 Å². The number of likely N-dealkylation sites (N-methyl/N-ethyl adjacent to an activating group) is 1. The van der Waals surface area contributed by atoms with Gasteiger partial charge < -0.3 is 24.8 Å². The van der Waals surface area contributed by atoms with Crippen molar-refractivity contribution < 1.29 is 27.2 Å². The van der Waals surface area contributed by atoms with Crippen molar-refractivity contribution in [2.24, 2.45) is 5.92 Å². The Labute approximate surface area is 304 Å². The number of ether oxygens (including phenoxy) is 1. The molecule has 15 heteroatoms. The fourth-order valence-electron chi connectivity index (χ4n) is 7.70. The highest BCUT2D eigenvalue weighted by Crippen LogP contribution is 2.40. The number of alkyl halides is 3. The molecule has 4 aliphatic rings. The van der Waals surface area contributed by atoms with Crippen LogP contribution in [0.25, 0.3) is 6.08 Å². The summed E-state index contributed by atoms with van der Waals surface area (Å²) in [6, 6.07) is 1.89. The van der Waals surface area contributed by atoms with Crippen LogP contribution in [-0.4, -0.2) is 92.2 Å². The second-order valence-corrected chi connectivity index (χ2v) is 14.1. The van der Waals surface area contributed by atoms with Crippen LogP contribution < -0.4 is 15.4 Å². The number of nitrogens with two attached hydrogens (primary N) is 1. The van der Waals surface area contributed by atoms with Crippen LogP contribution in [0.15, 0.2) is 22.9 Å². The number of likely N-dealkylation sites (tertiary alicyclic amines) is 1. The minimum absolute atomic E-state index is 0.0453. The molecule has 0 bridgehead atoms. The Kier molecular flexibility index (Phi) is 12.4. The molecule has 6 heterocycles. The van der Waals surface area contributed by atoms with Gasteiger partial charge in [-0.25, -0.2) is 4.98 Å². The summed E-state index contributed by atoms with van der Waals surface area (Å²) in [5, 5.41) is 3.77. The summed E-state index contributed by atoms with van der Waals surface area (Å²) in [6.07, 6.45) is 8.38. The fourth-order valence-corrected chi connectivity index (χ4v) is 7.70. The highest BCUT2D eigenvalue weighted by Gasteiger charge is 2.45. The summed E-state index contributed by atoms with van der Waals surface area (Å²) < 4.78 is 47.8. The number of hydrogen-bond donors (Lipinski definition) is 1. The first-order valence-corrected chi connectivity index (χ1v) is 18.4. The van der Waals surface area contributed by atoms with Crippen molar-refractivity contribution in [3.05, 3.63) is 52.4 Å². The van der Waals surface area contributed by atoms with Gasteiger partial charge in [-0.3, -0.25) is 9.69 Å². The average Bonchev–Trinajstić information content (AvgIpc) is 3.92. The Bertz CT molecular complexity index is 1700. The number of nitrogen functional groups attached to an aromatic ring is 1. The van der Waals surface area contributed by atoms with Gasteiger partial charge >= 0.3 is 12.2 Å². The molecular weight excluding hydrogens is 675 g/mol. The predicted octanol–water partition coefficient (Wildman–Crippen LogP) is 6.07. The van der Waals surface area contributed by atoms with Gasteiger partial charge in [0.15, 0.2) is 5.82 Å². The van der Waals surface area contributed by atoms with Gasteiger partial charge in [0.2, 0.25) is 5.91 Å². The molecule has 0 radical (unpaired) electrons. The van der Waals surface area contributed by atoms with Crippen molar-refractivity contribution in [1.82, 2.24) is 34.9 Å². The number of anilines is 2. The molecule has 3 aromatic heterocycles. The molecule has 0 spiro atoms. The standard InChI is InChI=1S/C28H39N7O3.C7H7F3N2.C2H6/c1-19-6-7-23-22(16-19)26(31-27(30-23)37-18-28-11-4-13-35(28)14-5-12-28)33(3)21-10-15-34(17-21)25(36)9-8-24-29-20(2)32-38-24;1-4-2-6(11)12-3-5(4)7(8,9)10;1-2/h8-9,19,21H,4-7,10-18H2,1-3H3;2-3H,1H3,(H2,11,12);1-2H3/b9-8+;;. The number of carbonyl (C=O) groups excluding carboxylic acids is 1. The van der Waals surface area contributed by atoms with E-state index in [1.807, 2.05) is 18.7 Å². The molecule has 3 aliphatic heterocycles. The Morgan fingerprint density at radius 1 is 1.13 bits per heavy atom. The number of fused-ring (bicyclic) bond motifs is 2. The lowest BCUT2D eigenvalue weighted by Gasteiger charge is -2.33. The third kappa shape index (κ3) is 9.02. The molecule has 7 rings (SSSR count). The largest absolute Gasteiger partial charge is 0.461 e. The van der Waals surface area contributed by atoms with Gasteiger partial charge in [-0.15, -0.1) is 0 Å². The van der Waals surface area contributed by atoms with E-state index in [1.54, 1.807) is 13.0 Å². The highest BCUT2D eigenvalue weighted by atomic mass is 19.4. The van der Waals surface area contributed by atoms with E-state index >= 15 is 0 Å². The number of amides is 1. The topological polar surface area (TPSA) is 140 Å². The van der Waals surface area contributed by atoms with Crippen LogP contribution in [0.5, 0.6) is 6.01 Å². The van der Waals surface area contributed by atoms with E-state index in [9.17, 15) is 18.0 Å². The fraction of sp³-hybridized carbons (Fsp3) is 0.622. The van der Waals surface area contributed by atoms with E-state index in [-0.39, 0.29) is 28.9 Å². The molecule has 284 valence electrons. The summed E-state index contributed by atoms with van der Waals surface area (Å²) in [7, 11) is 2.11. The van der Waals surface area contributed by atoms with Crippen LogP contribution in [0.4, 0.5) is 24.8 Å². The van der Waals surface area contributed by atoms with Crippen LogP contribution in [0, 0.1) is 19.8 Å². The van der Waals surface area contributed by atoms with E-state index in [1.165, 1.54) is 63.4 Å². The SMILES string of the molecule is CC.Cc1cc(N)ncc1C(F)(F)F.Cc1noc(/C=C/C(=O)N2CCC(N(C)c3nc(OCC45CCCN4CCC5)nc4c3CC(C)CC4)C2)n1. The molecule has 2 unspecified atom stereocenters. The molecule has 3 fully saturated rings. The molecule has 0 aromatic carbocycles. The van der Waals surface area contributed by atoms with E-state index in [0.717, 1.165) is 43.4 Å². The first-order chi connectivity index (χ1) is 24.8. The summed E-state index contributed by atoms with van der Waals surface area (Å²) in [5.41, 5.74) is 7.09. The molecule has 3 saturated heterocycles. The summed E-state index contributed by atoms with van der Waals surface area (Å²) in [6.45, 7) is 13.8. The van der Waals surface area contributed by atoms with Gasteiger partial charge in [-0.1, -0.05) is 25.9 Å². The zero-order chi connectivity index (χ0) is 37.6. The van der Waals surface area contributed by atoms with Gasteiger partial charge in [0.25, 0.3) is 5.89 Å². The lowest BCUT2D eigenvalue weighted by molar-refractivity contribution is -0.138. The van der Waals surface area contributed by atoms with Crippen LogP contribution in [0.2, 0.25) is 0 Å². The van der Waals surface area contributed by atoms with Gasteiger partial charge in [0.1, 0.15) is 18.2 Å². The molecule has 2 N–H and O–H groups in total. The van der Waals surface area contributed by atoms with Crippen LogP contribution in [-0.2, 0) is 23.8 Å². The minimum Gasteiger partial charge on any atom is -0.461 e. The number of halogens is 3. The number of aryl methyl sites for hydroxylation is 3. The van der Waals surface area contributed by atoms with Gasteiger partial charge in [-0.05, 0) is 95.9 Å². The van der Waals surface area contributed by atoms with E-state index < -0.39 is 11.7 Å². The number of carbonyl (C=O) groups is 1. The zero-order valence-electron chi connectivity index (χ0n) is 31.2. The normalized spacial score (nSPS) is 20.8. The van der Waals surface area contributed by atoms with Crippen molar-refractivity contribution in [1.29, 1.82) is 0 Å². The molecule has 0 saturated carbocycles. The van der Waals surface area contributed by atoms with E-state index in [2.05, 4.69) is 38.9 Å². The Balaban J connectivity index is 0.000000317. The predicted molar refractivity (Wildman–Crippen MR) is 193 cm³/mol. The third-order valence-corrected chi connectivity index (χ3v) is 10.5. The molecule has 1 amide bonds. The highest BCUT2D eigenvalue weighted by molar-refractivity contribution is 5.91. The Morgan fingerprint density at radius 2 is 1.87 bits per heavy atom. The van der Waals surface area contributed by atoms with E-state index in [0.29, 0.717) is 43.3 Å². The van der Waals surface area contributed by atoms with Gasteiger partial charge in [0, 0.05) is 50.1 Å². The molecule has 2 atom stereocenters. The molecule has 12 nitrogen and oxygen atoms in total. The second kappa shape index (κ2) is 16.6. The molecular formula is C37H52F3N9O3. The minimum atomic E-state index is -4.34. The van der Waals surface area contributed by atoms with Crippen molar-refractivity contribution >= 4 is 23.6 Å². The number of rotatable bonds is 7. The summed E-state index contributed by atoms with van der Waals surface area (Å²) in [4.78, 5) is 37.0. The molecule has 52 heavy (non-hydrogen) atoms. The Morgan fingerprint density at radius 3 is 2.52 bits per heavy atom.